The minimum absolute atomic E-state index is 0.151. The predicted octanol–water partition coefficient (Wildman–Crippen LogP) is 2.65. The molecule has 0 bridgehead atoms. The van der Waals surface area contributed by atoms with Gasteiger partial charge in [-0.25, -0.2) is 4.39 Å². The standard InChI is InChI=1S/C12H17FN2O2/c1-3-12(2,8-14)7-9-4-10(13)6-11(5-9)15(16)17/h4-6H,3,7-8,14H2,1-2H3. The Bertz CT molecular complexity index is 417. The minimum atomic E-state index is -0.585. The third kappa shape index (κ3) is 3.49. The van der Waals surface area contributed by atoms with E-state index in [9.17, 15) is 14.5 Å². The highest BCUT2D eigenvalue weighted by Gasteiger charge is 2.22. The van der Waals surface area contributed by atoms with Crippen molar-refractivity contribution in [2.75, 3.05) is 6.54 Å². The number of benzene rings is 1. The van der Waals surface area contributed by atoms with E-state index in [2.05, 4.69) is 0 Å². The molecule has 0 saturated heterocycles. The molecule has 1 unspecified atom stereocenters. The Morgan fingerprint density at radius 2 is 2.12 bits per heavy atom. The molecular weight excluding hydrogens is 223 g/mol. The highest BCUT2D eigenvalue weighted by atomic mass is 19.1. The van der Waals surface area contributed by atoms with Crippen molar-refractivity contribution < 1.29 is 9.31 Å². The summed E-state index contributed by atoms with van der Waals surface area (Å²) in [7, 11) is 0. The summed E-state index contributed by atoms with van der Waals surface area (Å²) in [5.41, 5.74) is 5.93. The first kappa shape index (κ1) is 13.6. The molecule has 0 fully saturated rings. The van der Waals surface area contributed by atoms with Crippen LogP contribution in [0.3, 0.4) is 0 Å². The van der Waals surface area contributed by atoms with E-state index in [0.717, 1.165) is 12.5 Å². The van der Waals surface area contributed by atoms with Crippen molar-refractivity contribution in [3.05, 3.63) is 39.7 Å². The van der Waals surface area contributed by atoms with Gasteiger partial charge in [0.25, 0.3) is 5.69 Å². The van der Waals surface area contributed by atoms with Gasteiger partial charge in [0.15, 0.2) is 0 Å². The van der Waals surface area contributed by atoms with Crippen LogP contribution in [-0.2, 0) is 6.42 Å². The van der Waals surface area contributed by atoms with Crippen molar-refractivity contribution >= 4 is 5.69 Å². The molecule has 1 aromatic rings. The fourth-order valence-electron chi connectivity index (χ4n) is 1.68. The fourth-order valence-corrected chi connectivity index (χ4v) is 1.68. The molecule has 4 nitrogen and oxygen atoms in total. The monoisotopic (exact) mass is 240 g/mol. The Hall–Kier alpha value is -1.49. The number of nitro benzene ring substituents is 1. The first-order valence-corrected chi connectivity index (χ1v) is 5.54. The second-order valence-corrected chi connectivity index (χ2v) is 4.62. The van der Waals surface area contributed by atoms with Crippen molar-refractivity contribution in [3.8, 4) is 0 Å². The average Bonchev–Trinajstić information content (AvgIpc) is 2.28. The van der Waals surface area contributed by atoms with Crippen molar-refractivity contribution in [1.82, 2.24) is 0 Å². The van der Waals surface area contributed by atoms with Crippen LogP contribution in [0.25, 0.3) is 0 Å². The van der Waals surface area contributed by atoms with Gasteiger partial charge < -0.3 is 5.73 Å². The number of rotatable bonds is 5. The molecule has 2 N–H and O–H groups in total. The maximum atomic E-state index is 13.2. The molecule has 0 saturated carbocycles. The Morgan fingerprint density at radius 1 is 1.47 bits per heavy atom. The Morgan fingerprint density at radius 3 is 2.59 bits per heavy atom. The number of hydrogen-bond acceptors (Lipinski definition) is 3. The Labute approximate surface area is 99.8 Å². The molecule has 0 aliphatic heterocycles. The largest absolute Gasteiger partial charge is 0.330 e. The summed E-state index contributed by atoms with van der Waals surface area (Å²) in [6.07, 6.45) is 1.38. The van der Waals surface area contributed by atoms with E-state index in [-0.39, 0.29) is 11.1 Å². The second-order valence-electron chi connectivity index (χ2n) is 4.62. The average molecular weight is 240 g/mol. The van der Waals surface area contributed by atoms with Crippen LogP contribution in [0.4, 0.5) is 10.1 Å². The van der Waals surface area contributed by atoms with Crippen LogP contribution in [0, 0.1) is 21.3 Å². The van der Waals surface area contributed by atoms with Gasteiger partial charge in [-0.1, -0.05) is 13.8 Å². The molecule has 0 spiro atoms. The summed E-state index contributed by atoms with van der Waals surface area (Å²) < 4.78 is 13.2. The van der Waals surface area contributed by atoms with Gasteiger partial charge >= 0.3 is 0 Å². The van der Waals surface area contributed by atoms with Gasteiger partial charge in [0, 0.05) is 6.07 Å². The SMILES string of the molecule is CCC(C)(CN)Cc1cc(F)cc([N+](=O)[O-])c1. The molecule has 0 aliphatic rings. The van der Waals surface area contributed by atoms with E-state index in [1.807, 2.05) is 13.8 Å². The summed E-state index contributed by atoms with van der Waals surface area (Å²) in [6.45, 7) is 4.46. The fraction of sp³-hybridized carbons (Fsp3) is 0.500. The van der Waals surface area contributed by atoms with Crippen LogP contribution >= 0.6 is 0 Å². The summed E-state index contributed by atoms with van der Waals surface area (Å²) in [5.74, 6) is -0.579. The summed E-state index contributed by atoms with van der Waals surface area (Å²) >= 11 is 0. The minimum Gasteiger partial charge on any atom is -0.330 e. The van der Waals surface area contributed by atoms with Crippen molar-refractivity contribution in [2.24, 2.45) is 11.1 Å². The lowest BCUT2D eigenvalue weighted by Gasteiger charge is -2.26. The number of nitro groups is 1. The number of halogens is 1. The smallest absolute Gasteiger partial charge is 0.272 e. The summed E-state index contributed by atoms with van der Waals surface area (Å²) in [6, 6.07) is 3.67. The van der Waals surface area contributed by atoms with Crippen LogP contribution in [0.2, 0.25) is 0 Å². The predicted molar refractivity (Wildman–Crippen MR) is 64.2 cm³/mol. The van der Waals surface area contributed by atoms with Crippen LogP contribution in [0.1, 0.15) is 25.8 Å². The topological polar surface area (TPSA) is 69.2 Å². The zero-order valence-corrected chi connectivity index (χ0v) is 10.1. The molecule has 0 amide bonds. The van der Waals surface area contributed by atoms with Crippen molar-refractivity contribution in [3.63, 3.8) is 0 Å². The molecule has 0 radical (unpaired) electrons. The van der Waals surface area contributed by atoms with Gasteiger partial charge in [-0.2, -0.15) is 0 Å². The molecule has 1 rings (SSSR count). The van der Waals surface area contributed by atoms with Crippen LogP contribution in [0.5, 0.6) is 0 Å². The van der Waals surface area contributed by atoms with Gasteiger partial charge in [0.2, 0.25) is 0 Å². The molecule has 0 heterocycles. The van der Waals surface area contributed by atoms with Gasteiger partial charge in [-0.3, -0.25) is 10.1 Å². The molecule has 17 heavy (non-hydrogen) atoms. The lowest BCUT2D eigenvalue weighted by Crippen LogP contribution is -2.28. The van der Waals surface area contributed by atoms with E-state index in [0.29, 0.717) is 18.5 Å². The van der Waals surface area contributed by atoms with Crippen molar-refractivity contribution in [2.45, 2.75) is 26.7 Å². The van der Waals surface area contributed by atoms with Gasteiger partial charge in [-0.15, -0.1) is 0 Å². The molecule has 1 atom stereocenters. The zero-order valence-electron chi connectivity index (χ0n) is 10.1. The first-order valence-electron chi connectivity index (χ1n) is 5.54. The van der Waals surface area contributed by atoms with E-state index in [1.165, 1.54) is 12.1 Å². The molecular formula is C12H17FN2O2. The quantitative estimate of drug-likeness (QED) is 0.635. The van der Waals surface area contributed by atoms with E-state index in [4.69, 9.17) is 5.73 Å². The molecule has 94 valence electrons. The Kier molecular flexibility index (Phi) is 4.17. The lowest BCUT2D eigenvalue weighted by molar-refractivity contribution is -0.385. The van der Waals surface area contributed by atoms with Crippen LogP contribution < -0.4 is 5.73 Å². The third-order valence-electron chi connectivity index (χ3n) is 3.13. The van der Waals surface area contributed by atoms with Crippen LogP contribution in [-0.4, -0.2) is 11.5 Å². The maximum Gasteiger partial charge on any atom is 0.272 e. The summed E-state index contributed by atoms with van der Waals surface area (Å²) in [4.78, 5) is 10.0. The zero-order chi connectivity index (χ0) is 13.1. The highest BCUT2D eigenvalue weighted by molar-refractivity contribution is 5.35. The lowest BCUT2D eigenvalue weighted by atomic mass is 9.81. The molecule has 0 aromatic heterocycles. The van der Waals surface area contributed by atoms with Gasteiger partial charge in [0.1, 0.15) is 5.82 Å². The van der Waals surface area contributed by atoms with Gasteiger partial charge in [-0.05, 0) is 36.4 Å². The van der Waals surface area contributed by atoms with Gasteiger partial charge in [0.05, 0.1) is 11.0 Å². The van der Waals surface area contributed by atoms with E-state index in [1.54, 1.807) is 0 Å². The van der Waals surface area contributed by atoms with Crippen LogP contribution in [0.15, 0.2) is 18.2 Å². The number of nitrogens with zero attached hydrogens (tertiary/aromatic N) is 1. The molecule has 5 heteroatoms. The van der Waals surface area contributed by atoms with E-state index < -0.39 is 10.7 Å². The normalized spacial score (nSPS) is 14.4. The Balaban J connectivity index is 3.02. The van der Waals surface area contributed by atoms with Crippen molar-refractivity contribution in [1.29, 1.82) is 0 Å². The molecule has 1 aromatic carbocycles. The number of non-ortho nitro benzene ring substituents is 1. The highest BCUT2D eigenvalue weighted by Crippen LogP contribution is 2.27. The maximum absolute atomic E-state index is 13.2. The summed E-state index contributed by atoms with van der Waals surface area (Å²) in [5, 5.41) is 10.6. The first-order chi connectivity index (χ1) is 7.90. The number of hydrogen-bond donors (Lipinski definition) is 1. The third-order valence-corrected chi connectivity index (χ3v) is 3.13. The second kappa shape index (κ2) is 5.23. The molecule has 0 aliphatic carbocycles. The van der Waals surface area contributed by atoms with E-state index >= 15 is 0 Å². The number of nitrogens with two attached hydrogens (primary N) is 1.